The third kappa shape index (κ3) is 3.57. The molecule has 1 aliphatic heterocycles. The highest BCUT2D eigenvalue weighted by Crippen LogP contribution is 2.33. The van der Waals surface area contributed by atoms with E-state index in [9.17, 15) is 13.6 Å². The molecule has 150 valence electrons. The standard InChI is InChI=1S/C21H20F2N4O2/c1-3-4-10-26-12-27-19(13(2)24-20(27)21(26)28)14-8-9-16(15(22)11-14)29-18-7-5-6-17(23)25-18/h5-9,11H,3-4,10,12H2,1-2H3. The summed E-state index contributed by atoms with van der Waals surface area (Å²) in [4.78, 5) is 22.3. The van der Waals surface area contributed by atoms with Crippen LogP contribution in [0, 0.1) is 18.7 Å². The molecule has 0 bridgehead atoms. The fourth-order valence-electron chi connectivity index (χ4n) is 3.43. The van der Waals surface area contributed by atoms with Crippen molar-refractivity contribution in [1.29, 1.82) is 0 Å². The Kier molecular flexibility index (Phi) is 5.00. The highest BCUT2D eigenvalue weighted by Gasteiger charge is 2.32. The Hall–Kier alpha value is -3.29. The average molecular weight is 398 g/mol. The molecule has 1 amide bonds. The van der Waals surface area contributed by atoms with Gasteiger partial charge in [0.05, 0.1) is 18.1 Å². The van der Waals surface area contributed by atoms with Crippen LogP contribution in [0.3, 0.4) is 0 Å². The number of amides is 1. The molecule has 0 saturated carbocycles. The van der Waals surface area contributed by atoms with Crippen LogP contribution in [0.4, 0.5) is 8.78 Å². The van der Waals surface area contributed by atoms with Gasteiger partial charge < -0.3 is 14.2 Å². The summed E-state index contributed by atoms with van der Waals surface area (Å²) in [6.07, 6.45) is 1.91. The zero-order valence-corrected chi connectivity index (χ0v) is 16.2. The summed E-state index contributed by atoms with van der Waals surface area (Å²) < 4.78 is 35.1. The molecule has 4 rings (SSSR count). The molecular weight excluding hydrogens is 378 g/mol. The molecule has 29 heavy (non-hydrogen) atoms. The van der Waals surface area contributed by atoms with Gasteiger partial charge in [0, 0.05) is 18.2 Å². The van der Waals surface area contributed by atoms with Gasteiger partial charge in [0.1, 0.15) is 0 Å². The van der Waals surface area contributed by atoms with Crippen molar-refractivity contribution in [3.05, 3.63) is 59.7 Å². The summed E-state index contributed by atoms with van der Waals surface area (Å²) in [5, 5.41) is 0. The van der Waals surface area contributed by atoms with E-state index in [1.165, 1.54) is 30.3 Å². The lowest BCUT2D eigenvalue weighted by molar-refractivity contribution is 0.0763. The Morgan fingerprint density at radius 3 is 2.72 bits per heavy atom. The fraction of sp³-hybridized carbons (Fsp3) is 0.286. The van der Waals surface area contributed by atoms with Gasteiger partial charge in [0.25, 0.3) is 5.91 Å². The summed E-state index contributed by atoms with van der Waals surface area (Å²) in [6, 6.07) is 8.53. The molecule has 6 nitrogen and oxygen atoms in total. The van der Waals surface area contributed by atoms with E-state index in [-0.39, 0.29) is 17.5 Å². The first-order valence-electron chi connectivity index (χ1n) is 9.44. The first-order chi connectivity index (χ1) is 14.0. The van der Waals surface area contributed by atoms with Gasteiger partial charge in [0.2, 0.25) is 17.7 Å². The number of hydrogen-bond donors (Lipinski definition) is 0. The Morgan fingerprint density at radius 2 is 2.00 bits per heavy atom. The Bertz CT molecular complexity index is 1080. The summed E-state index contributed by atoms with van der Waals surface area (Å²) in [6.45, 7) is 4.93. The van der Waals surface area contributed by atoms with Crippen LogP contribution in [0.25, 0.3) is 11.3 Å². The van der Waals surface area contributed by atoms with Crippen molar-refractivity contribution in [1.82, 2.24) is 19.4 Å². The Balaban J connectivity index is 1.63. The van der Waals surface area contributed by atoms with Crippen molar-refractivity contribution >= 4 is 5.91 Å². The van der Waals surface area contributed by atoms with E-state index in [4.69, 9.17) is 4.74 Å². The number of pyridine rings is 1. The Morgan fingerprint density at radius 1 is 1.17 bits per heavy atom. The number of aryl methyl sites for hydroxylation is 1. The molecule has 0 atom stereocenters. The lowest BCUT2D eigenvalue weighted by Gasteiger charge is -2.16. The van der Waals surface area contributed by atoms with Crippen LogP contribution in [-0.2, 0) is 6.67 Å². The molecule has 1 aromatic carbocycles. The number of ether oxygens (including phenoxy) is 1. The largest absolute Gasteiger partial charge is 0.436 e. The maximum absolute atomic E-state index is 14.7. The van der Waals surface area contributed by atoms with Crippen molar-refractivity contribution in [2.24, 2.45) is 0 Å². The topological polar surface area (TPSA) is 60.3 Å². The van der Waals surface area contributed by atoms with Crippen molar-refractivity contribution in [2.45, 2.75) is 33.4 Å². The van der Waals surface area contributed by atoms with E-state index in [0.29, 0.717) is 36.0 Å². The van der Waals surface area contributed by atoms with E-state index in [0.717, 1.165) is 12.8 Å². The van der Waals surface area contributed by atoms with E-state index in [2.05, 4.69) is 16.9 Å². The quantitative estimate of drug-likeness (QED) is 0.572. The molecule has 0 unspecified atom stereocenters. The number of benzene rings is 1. The van der Waals surface area contributed by atoms with Gasteiger partial charge in [-0.2, -0.15) is 9.37 Å². The molecule has 3 heterocycles. The van der Waals surface area contributed by atoms with Crippen LogP contribution in [-0.4, -0.2) is 31.9 Å². The number of rotatable bonds is 6. The van der Waals surface area contributed by atoms with E-state index in [1.807, 2.05) is 4.57 Å². The van der Waals surface area contributed by atoms with Crippen molar-refractivity contribution in [3.63, 3.8) is 0 Å². The molecule has 0 fully saturated rings. The summed E-state index contributed by atoms with van der Waals surface area (Å²) in [5.41, 5.74) is 1.94. The van der Waals surface area contributed by atoms with Crippen LogP contribution in [0.15, 0.2) is 36.4 Å². The number of hydrogen-bond acceptors (Lipinski definition) is 4. The van der Waals surface area contributed by atoms with E-state index >= 15 is 0 Å². The lowest BCUT2D eigenvalue weighted by Crippen LogP contribution is -2.26. The zero-order chi connectivity index (χ0) is 20.5. The van der Waals surface area contributed by atoms with Crippen LogP contribution >= 0.6 is 0 Å². The molecule has 0 radical (unpaired) electrons. The zero-order valence-electron chi connectivity index (χ0n) is 16.2. The van der Waals surface area contributed by atoms with Gasteiger partial charge in [-0.1, -0.05) is 19.4 Å². The number of fused-ring (bicyclic) bond motifs is 1. The van der Waals surface area contributed by atoms with Gasteiger partial charge in [-0.05, 0) is 37.6 Å². The van der Waals surface area contributed by atoms with Gasteiger partial charge in [-0.3, -0.25) is 4.79 Å². The summed E-state index contributed by atoms with van der Waals surface area (Å²) in [5.74, 6) is -1.15. The van der Waals surface area contributed by atoms with Gasteiger partial charge >= 0.3 is 0 Å². The van der Waals surface area contributed by atoms with Crippen molar-refractivity contribution in [3.8, 4) is 22.9 Å². The smallest absolute Gasteiger partial charge is 0.291 e. The molecule has 0 aliphatic carbocycles. The maximum Gasteiger partial charge on any atom is 0.291 e. The Labute approximate surface area is 166 Å². The van der Waals surface area contributed by atoms with Crippen LogP contribution in [0.2, 0.25) is 0 Å². The van der Waals surface area contributed by atoms with Gasteiger partial charge in [-0.25, -0.2) is 9.37 Å². The summed E-state index contributed by atoms with van der Waals surface area (Å²) >= 11 is 0. The van der Waals surface area contributed by atoms with Crippen LogP contribution in [0.1, 0.15) is 36.1 Å². The van der Waals surface area contributed by atoms with Crippen LogP contribution < -0.4 is 4.74 Å². The first-order valence-corrected chi connectivity index (χ1v) is 9.44. The maximum atomic E-state index is 14.7. The first kappa shape index (κ1) is 19.0. The molecule has 0 saturated heterocycles. The summed E-state index contributed by atoms with van der Waals surface area (Å²) in [7, 11) is 0. The van der Waals surface area contributed by atoms with Gasteiger partial charge in [-0.15, -0.1) is 0 Å². The number of nitrogens with zero attached hydrogens (tertiary/aromatic N) is 4. The third-order valence-electron chi connectivity index (χ3n) is 4.82. The lowest BCUT2D eigenvalue weighted by atomic mass is 10.1. The normalized spacial score (nSPS) is 13.1. The SMILES string of the molecule is CCCCN1Cn2c(nc(C)c2-c2ccc(Oc3cccc(F)n3)c(F)c2)C1=O. The predicted molar refractivity (Wildman–Crippen MR) is 103 cm³/mol. The number of unbranched alkanes of at least 4 members (excludes halogenated alkanes) is 1. The van der Waals surface area contributed by atoms with Crippen LogP contribution in [0.5, 0.6) is 11.6 Å². The average Bonchev–Trinajstić information content (AvgIpc) is 3.16. The molecule has 8 heteroatoms. The highest BCUT2D eigenvalue weighted by atomic mass is 19.1. The third-order valence-corrected chi connectivity index (χ3v) is 4.82. The second-order valence-electron chi connectivity index (χ2n) is 6.91. The molecular formula is C21H20F2N4O2. The number of carbonyl (C=O) groups is 1. The number of halogens is 2. The predicted octanol–water partition coefficient (Wildman–Crippen LogP) is 4.54. The van der Waals surface area contributed by atoms with E-state index < -0.39 is 11.8 Å². The monoisotopic (exact) mass is 398 g/mol. The molecule has 3 aromatic rings. The molecule has 2 aromatic heterocycles. The highest BCUT2D eigenvalue weighted by molar-refractivity contribution is 5.94. The molecule has 1 aliphatic rings. The number of aromatic nitrogens is 3. The minimum atomic E-state index is -0.706. The van der Waals surface area contributed by atoms with Crippen molar-refractivity contribution in [2.75, 3.05) is 6.54 Å². The second-order valence-corrected chi connectivity index (χ2v) is 6.91. The molecule has 0 spiro atoms. The number of imidazole rings is 1. The van der Waals surface area contributed by atoms with Gasteiger partial charge in [0.15, 0.2) is 11.6 Å². The fourth-order valence-corrected chi connectivity index (χ4v) is 3.43. The van der Waals surface area contributed by atoms with Crippen molar-refractivity contribution < 1.29 is 18.3 Å². The number of carbonyl (C=O) groups excluding carboxylic acids is 1. The van der Waals surface area contributed by atoms with E-state index in [1.54, 1.807) is 17.9 Å². The second kappa shape index (κ2) is 7.62. The minimum absolute atomic E-state index is 0.0322. The molecule has 0 N–H and O–H groups in total. The minimum Gasteiger partial charge on any atom is -0.436 e.